The number of nitrogens with zero attached hydrogens (tertiary/aromatic N) is 4. The lowest BCUT2D eigenvalue weighted by Gasteiger charge is -2.05. The molecule has 0 spiro atoms. The summed E-state index contributed by atoms with van der Waals surface area (Å²) < 4.78 is 1.91. The van der Waals surface area contributed by atoms with E-state index in [4.69, 9.17) is 5.73 Å². The van der Waals surface area contributed by atoms with Gasteiger partial charge in [-0.3, -0.25) is 0 Å². The fourth-order valence-electron chi connectivity index (χ4n) is 2.80. The van der Waals surface area contributed by atoms with Crippen LogP contribution in [0.25, 0.3) is 4.96 Å². The van der Waals surface area contributed by atoms with Crippen molar-refractivity contribution in [3.8, 4) is 0 Å². The van der Waals surface area contributed by atoms with Crippen LogP contribution >= 0.6 is 22.7 Å². The van der Waals surface area contributed by atoms with E-state index in [9.17, 15) is 0 Å². The van der Waals surface area contributed by atoms with Crippen molar-refractivity contribution in [3.05, 3.63) is 33.2 Å². The van der Waals surface area contributed by atoms with Gasteiger partial charge < -0.3 is 5.73 Å². The van der Waals surface area contributed by atoms with Crippen LogP contribution in [0, 0.1) is 0 Å². The van der Waals surface area contributed by atoms with Crippen molar-refractivity contribution in [2.75, 3.05) is 0 Å². The third-order valence-electron chi connectivity index (χ3n) is 3.87. The van der Waals surface area contributed by atoms with Crippen molar-refractivity contribution in [2.45, 2.75) is 37.6 Å². The number of nitrogens with two attached hydrogens (primary N) is 1. The summed E-state index contributed by atoms with van der Waals surface area (Å²) in [7, 11) is 0. The maximum absolute atomic E-state index is 6.28. The van der Waals surface area contributed by atoms with Gasteiger partial charge in [-0.15, -0.1) is 21.5 Å². The zero-order valence-corrected chi connectivity index (χ0v) is 12.5. The molecule has 5 nitrogen and oxygen atoms in total. The van der Waals surface area contributed by atoms with Crippen LogP contribution in [-0.2, 0) is 0 Å². The summed E-state index contributed by atoms with van der Waals surface area (Å²) >= 11 is 3.21. The Kier molecular flexibility index (Phi) is 3.05. The molecule has 0 aliphatic heterocycles. The van der Waals surface area contributed by atoms with E-state index in [2.05, 4.69) is 21.4 Å². The normalized spacial score (nSPS) is 18.1. The standard InChI is InChI=1S/C13H15N5S2/c14-10(9-6-3-7-19-9)12-17-18-11(8-4-1-2-5-8)15-16-13(18)20-12/h3,6-8,10H,1-2,4-5,14H2. The number of rotatable bonds is 3. The lowest BCUT2D eigenvalue weighted by Crippen LogP contribution is -2.11. The molecule has 1 atom stereocenters. The highest BCUT2D eigenvalue weighted by molar-refractivity contribution is 7.17. The molecule has 0 saturated heterocycles. The van der Waals surface area contributed by atoms with Crippen LogP contribution in [0.2, 0.25) is 0 Å². The maximum Gasteiger partial charge on any atom is 0.234 e. The van der Waals surface area contributed by atoms with Gasteiger partial charge in [0.15, 0.2) is 5.82 Å². The van der Waals surface area contributed by atoms with Crippen LogP contribution in [0.1, 0.15) is 53.4 Å². The van der Waals surface area contributed by atoms with Crippen molar-refractivity contribution in [1.82, 2.24) is 19.8 Å². The molecule has 1 aliphatic rings. The largest absolute Gasteiger partial charge is 0.318 e. The summed E-state index contributed by atoms with van der Waals surface area (Å²) in [5.41, 5.74) is 6.28. The fraction of sp³-hybridized carbons (Fsp3) is 0.462. The summed E-state index contributed by atoms with van der Waals surface area (Å²) in [4.78, 5) is 1.99. The first-order chi connectivity index (χ1) is 9.83. The van der Waals surface area contributed by atoms with E-state index in [1.807, 2.05) is 16.0 Å². The van der Waals surface area contributed by atoms with Gasteiger partial charge in [-0.05, 0) is 24.3 Å². The molecule has 3 heterocycles. The SMILES string of the molecule is NC(c1cccs1)c1nn2c(C3CCCC3)nnc2s1. The number of hydrogen-bond donors (Lipinski definition) is 1. The predicted octanol–water partition coefficient (Wildman–Crippen LogP) is 2.95. The predicted molar refractivity (Wildman–Crippen MR) is 80.2 cm³/mol. The molecule has 1 unspecified atom stereocenters. The Hall–Kier alpha value is -1.31. The molecular formula is C13H15N5S2. The third kappa shape index (κ3) is 1.97. The molecule has 1 aliphatic carbocycles. The Morgan fingerprint density at radius 2 is 2.15 bits per heavy atom. The molecule has 3 aromatic heterocycles. The first kappa shape index (κ1) is 12.4. The van der Waals surface area contributed by atoms with Crippen molar-refractivity contribution in [2.24, 2.45) is 5.73 Å². The van der Waals surface area contributed by atoms with Crippen LogP contribution in [0.3, 0.4) is 0 Å². The lowest BCUT2D eigenvalue weighted by molar-refractivity contribution is 0.635. The molecule has 3 aromatic rings. The minimum Gasteiger partial charge on any atom is -0.318 e. The maximum atomic E-state index is 6.28. The Bertz CT molecular complexity index is 708. The van der Waals surface area contributed by atoms with E-state index in [-0.39, 0.29) is 6.04 Å². The molecule has 2 N–H and O–H groups in total. The molecule has 104 valence electrons. The van der Waals surface area contributed by atoms with Gasteiger partial charge in [0.1, 0.15) is 5.01 Å². The first-order valence-corrected chi connectivity index (χ1v) is 8.53. The number of fused-ring (bicyclic) bond motifs is 1. The Morgan fingerprint density at radius 3 is 2.90 bits per heavy atom. The third-order valence-corrected chi connectivity index (χ3v) is 5.80. The van der Waals surface area contributed by atoms with E-state index in [1.165, 1.54) is 25.7 Å². The lowest BCUT2D eigenvalue weighted by atomic mass is 10.1. The van der Waals surface area contributed by atoms with Gasteiger partial charge >= 0.3 is 0 Å². The minimum absolute atomic E-state index is 0.155. The van der Waals surface area contributed by atoms with Gasteiger partial charge in [-0.25, -0.2) is 0 Å². The summed E-state index contributed by atoms with van der Waals surface area (Å²) in [6.45, 7) is 0. The molecule has 0 radical (unpaired) electrons. The highest BCUT2D eigenvalue weighted by atomic mass is 32.1. The molecule has 4 rings (SSSR count). The van der Waals surface area contributed by atoms with Crippen molar-refractivity contribution >= 4 is 27.6 Å². The van der Waals surface area contributed by atoms with E-state index in [0.29, 0.717) is 5.92 Å². The molecule has 0 amide bonds. The van der Waals surface area contributed by atoms with Crippen LogP contribution < -0.4 is 5.73 Å². The van der Waals surface area contributed by atoms with Crippen molar-refractivity contribution < 1.29 is 0 Å². The average molecular weight is 305 g/mol. The molecule has 20 heavy (non-hydrogen) atoms. The van der Waals surface area contributed by atoms with Crippen LogP contribution in [0.15, 0.2) is 17.5 Å². The van der Waals surface area contributed by atoms with E-state index in [1.54, 1.807) is 22.7 Å². The summed E-state index contributed by atoms with van der Waals surface area (Å²) in [5, 5.41) is 16.2. The molecule has 0 bridgehead atoms. The average Bonchev–Trinajstić information content (AvgIpc) is 3.20. The zero-order chi connectivity index (χ0) is 13.5. The highest BCUT2D eigenvalue weighted by Gasteiger charge is 2.25. The topological polar surface area (TPSA) is 69.1 Å². The van der Waals surface area contributed by atoms with Crippen molar-refractivity contribution in [1.29, 1.82) is 0 Å². The summed E-state index contributed by atoms with van der Waals surface area (Å²) in [6, 6.07) is 3.91. The smallest absolute Gasteiger partial charge is 0.234 e. The van der Waals surface area contributed by atoms with Gasteiger partial charge in [-0.2, -0.15) is 9.61 Å². The second kappa shape index (κ2) is 4.91. The van der Waals surface area contributed by atoms with E-state index in [0.717, 1.165) is 20.7 Å². The first-order valence-electron chi connectivity index (χ1n) is 6.84. The molecule has 0 aromatic carbocycles. The number of hydrogen-bond acceptors (Lipinski definition) is 6. The van der Waals surface area contributed by atoms with Crippen LogP contribution in [0.5, 0.6) is 0 Å². The summed E-state index contributed by atoms with van der Waals surface area (Å²) in [5.74, 6) is 1.52. The Labute approximate surface area is 124 Å². The second-order valence-electron chi connectivity index (χ2n) is 5.17. The van der Waals surface area contributed by atoms with Gasteiger partial charge in [0.05, 0.1) is 6.04 Å². The molecule has 1 saturated carbocycles. The zero-order valence-electron chi connectivity index (χ0n) is 10.9. The monoisotopic (exact) mass is 305 g/mol. The Balaban J connectivity index is 1.72. The Morgan fingerprint density at radius 1 is 1.30 bits per heavy atom. The molecular weight excluding hydrogens is 290 g/mol. The van der Waals surface area contributed by atoms with Gasteiger partial charge in [0, 0.05) is 10.8 Å². The molecule has 1 fully saturated rings. The summed E-state index contributed by atoms with van der Waals surface area (Å²) in [6.07, 6.45) is 4.96. The highest BCUT2D eigenvalue weighted by Crippen LogP contribution is 2.34. The fourth-order valence-corrected chi connectivity index (χ4v) is 4.47. The minimum atomic E-state index is -0.155. The van der Waals surface area contributed by atoms with E-state index < -0.39 is 0 Å². The van der Waals surface area contributed by atoms with Gasteiger partial charge in [-0.1, -0.05) is 30.2 Å². The van der Waals surface area contributed by atoms with E-state index >= 15 is 0 Å². The molecule has 7 heteroatoms. The van der Waals surface area contributed by atoms with Gasteiger partial charge in [0.2, 0.25) is 4.96 Å². The number of aromatic nitrogens is 4. The van der Waals surface area contributed by atoms with Crippen LogP contribution in [-0.4, -0.2) is 19.8 Å². The van der Waals surface area contributed by atoms with Gasteiger partial charge in [0.25, 0.3) is 0 Å². The second-order valence-corrected chi connectivity index (χ2v) is 7.13. The van der Waals surface area contributed by atoms with Crippen LogP contribution in [0.4, 0.5) is 0 Å². The quantitative estimate of drug-likeness (QED) is 0.807. The number of thiophene rings is 1. The van der Waals surface area contributed by atoms with Crippen molar-refractivity contribution in [3.63, 3.8) is 0 Å².